The smallest absolute Gasteiger partial charge is 0.119 e. The van der Waals surface area contributed by atoms with Gasteiger partial charge in [0.05, 0.1) is 18.9 Å². The molecule has 14 heavy (non-hydrogen) atoms. The number of hydrogen-bond donors (Lipinski definition) is 1. The number of rotatable bonds is 5. The predicted molar refractivity (Wildman–Crippen MR) is 56.0 cm³/mol. The maximum absolute atomic E-state index is 5.07. The van der Waals surface area contributed by atoms with Crippen LogP contribution in [0.2, 0.25) is 0 Å². The van der Waals surface area contributed by atoms with E-state index in [9.17, 15) is 0 Å². The minimum atomic E-state index is -0.142. The van der Waals surface area contributed by atoms with E-state index in [1.165, 1.54) is 0 Å². The third kappa shape index (κ3) is 2.75. The molecule has 0 radical (unpaired) electrons. The summed E-state index contributed by atoms with van der Waals surface area (Å²) in [5, 5.41) is 3.00. The summed E-state index contributed by atoms with van der Waals surface area (Å²) in [6, 6.07) is 0. The normalized spacial score (nSPS) is 12.0. The summed E-state index contributed by atoms with van der Waals surface area (Å²) in [6.45, 7) is 5.12. The molecule has 0 aliphatic carbocycles. The Bertz CT molecular complexity index is 286. The number of nitrogens with two attached hydrogens (primary N) is 1. The van der Waals surface area contributed by atoms with Gasteiger partial charge >= 0.3 is 0 Å². The Balaban J connectivity index is 2.74. The van der Waals surface area contributed by atoms with Gasteiger partial charge in [-0.15, -0.1) is 11.3 Å². The Morgan fingerprint density at radius 3 is 2.86 bits per heavy atom. The first kappa shape index (κ1) is 11.6. The lowest BCUT2D eigenvalue weighted by molar-refractivity contribution is 0.0949. The summed E-state index contributed by atoms with van der Waals surface area (Å²) in [5.41, 5.74) is 0.858. The molecule has 0 aromatic carbocycles. The second-order valence-electron chi connectivity index (χ2n) is 3.75. The number of thiazole rings is 1. The molecular formula is C9H16N2O2S. The molecule has 0 bridgehead atoms. The van der Waals surface area contributed by atoms with Crippen molar-refractivity contribution >= 4 is 11.3 Å². The van der Waals surface area contributed by atoms with Crippen LogP contribution in [0.5, 0.6) is 0 Å². The van der Waals surface area contributed by atoms with Crippen molar-refractivity contribution in [3.8, 4) is 0 Å². The average molecular weight is 216 g/mol. The van der Waals surface area contributed by atoms with Gasteiger partial charge in [0.15, 0.2) is 0 Å². The molecule has 2 N–H and O–H groups in total. The quantitative estimate of drug-likeness (QED) is 0.757. The summed E-state index contributed by atoms with van der Waals surface area (Å²) in [4.78, 5) is 9.11. The number of methoxy groups -OCH3 is 1. The Morgan fingerprint density at radius 1 is 1.57 bits per heavy atom. The van der Waals surface area contributed by atoms with Gasteiger partial charge < -0.3 is 9.57 Å². The summed E-state index contributed by atoms with van der Waals surface area (Å²) < 4.78 is 5.01. The van der Waals surface area contributed by atoms with Crippen LogP contribution in [0, 0.1) is 0 Å². The van der Waals surface area contributed by atoms with Crippen LogP contribution in [0.15, 0.2) is 5.38 Å². The third-order valence-corrected chi connectivity index (χ3v) is 2.78. The van der Waals surface area contributed by atoms with Crippen molar-refractivity contribution in [3.63, 3.8) is 0 Å². The van der Waals surface area contributed by atoms with Gasteiger partial charge in [-0.3, -0.25) is 0 Å². The fraction of sp³-hybridized carbons (Fsp3) is 0.667. The largest absolute Gasteiger partial charge is 0.378 e. The van der Waals surface area contributed by atoms with E-state index in [2.05, 4.69) is 9.82 Å². The molecule has 0 amide bonds. The van der Waals surface area contributed by atoms with Gasteiger partial charge in [0, 0.05) is 17.9 Å². The first-order valence-corrected chi connectivity index (χ1v) is 5.23. The van der Waals surface area contributed by atoms with Gasteiger partial charge in [-0.2, -0.15) is 0 Å². The number of hydrogen-bond acceptors (Lipinski definition) is 5. The molecule has 0 spiro atoms. The zero-order valence-corrected chi connectivity index (χ0v) is 9.56. The van der Waals surface area contributed by atoms with E-state index in [0.29, 0.717) is 13.2 Å². The molecule has 0 atom stereocenters. The highest BCUT2D eigenvalue weighted by Crippen LogP contribution is 2.24. The van der Waals surface area contributed by atoms with Gasteiger partial charge in [0.1, 0.15) is 5.01 Å². The van der Waals surface area contributed by atoms with Crippen LogP contribution in [0.4, 0.5) is 0 Å². The Morgan fingerprint density at radius 2 is 2.29 bits per heavy atom. The Kier molecular flexibility index (Phi) is 4.00. The maximum Gasteiger partial charge on any atom is 0.119 e. The molecule has 0 unspecified atom stereocenters. The van der Waals surface area contributed by atoms with E-state index in [4.69, 9.17) is 10.6 Å². The van der Waals surface area contributed by atoms with Crippen LogP contribution < -0.4 is 5.90 Å². The molecular weight excluding hydrogens is 200 g/mol. The maximum atomic E-state index is 5.07. The molecule has 80 valence electrons. The molecule has 0 fully saturated rings. The molecule has 1 aromatic heterocycles. The average Bonchev–Trinajstić information content (AvgIpc) is 2.54. The molecule has 4 nitrogen and oxygen atoms in total. The summed E-state index contributed by atoms with van der Waals surface area (Å²) in [6.07, 6.45) is 0. The van der Waals surface area contributed by atoms with Gasteiger partial charge in [0.2, 0.25) is 0 Å². The summed E-state index contributed by atoms with van der Waals surface area (Å²) in [5.74, 6) is 5.07. The van der Waals surface area contributed by atoms with E-state index in [1.807, 2.05) is 19.2 Å². The van der Waals surface area contributed by atoms with Gasteiger partial charge in [0.25, 0.3) is 0 Å². The summed E-state index contributed by atoms with van der Waals surface area (Å²) >= 11 is 1.59. The standard InChI is InChI=1S/C9H16N2O2S/c1-9(2,6-13-10)7-5-14-8(11-7)4-12-3/h5H,4,6,10H2,1-3H3. The minimum absolute atomic E-state index is 0.142. The van der Waals surface area contributed by atoms with E-state index in [-0.39, 0.29) is 5.41 Å². The number of aromatic nitrogens is 1. The molecule has 5 heteroatoms. The van der Waals surface area contributed by atoms with Crippen molar-refractivity contribution in [3.05, 3.63) is 16.1 Å². The van der Waals surface area contributed by atoms with Crippen molar-refractivity contribution in [2.24, 2.45) is 5.90 Å². The Labute approximate surface area is 88.0 Å². The van der Waals surface area contributed by atoms with E-state index in [1.54, 1.807) is 18.4 Å². The van der Waals surface area contributed by atoms with E-state index >= 15 is 0 Å². The van der Waals surface area contributed by atoms with Crippen LogP contribution in [0.25, 0.3) is 0 Å². The predicted octanol–water partition coefficient (Wildman–Crippen LogP) is 1.46. The molecule has 1 rings (SSSR count). The third-order valence-electron chi connectivity index (χ3n) is 1.96. The van der Waals surface area contributed by atoms with Crippen LogP contribution in [-0.4, -0.2) is 18.7 Å². The first-order valence-electron chi connectivity index (χ1n) is 4.35. The van der Waals surface area contributed by atoms with E-state index in [0.717, 1.165) is 10.7 Å². The second kappa shape index (κ2) is 4.84. The van der Waals surface area contributed by atoms with Gasteiger partial charge in [-0.25, -0.2) is 10.9 Å². The highest BCUT2D eigenvalue weighted by atomic mass is 32.1. The lowest BCUT2D eigenvalue weighted by atomic mass is 9.91. The molecule has 0 saturated heterocycles. The zero-order chi connectivity index (χ0) is 10.6. The second-order valence-corrected chi connectivity index (χ2v) is 4.70. The van der Waals surface area contributed by atoms with Crippen LogP contribution >= 0.6 is 11.3 Å². The fourth-order valence-corrected chi connectivity index (χ4v) is 2.05. The van der Waals surface area contributed by atoms with Crippen molar-refractivity contribution < 1.29 is 9.57 Å². The molecule has 0 aliphatic rings. The van der Waals surface area contributed by atoms with Crippen molar-refractivity contribution in [2.75, 3.05) is 13.7 Å². The zero-order valence-electron chi connectivity index (χ0n) is 8.74. The lowest BCUT2D eigenvalue weighted by Gasteiger charge is -2.20. The van der Waals surface area contributed by atoms with Crippen molar-refractivity contribution in [1.82, 2.24) is 4.98 Å². The SMILES string of the molecule is COCc1nc(C(C)(C)CON)cs1. The molecule has 0 saturated carbocycles. The molecule has 0 aliphatic heterocycles. The highest BCUT2D eigenvalue weighted by molar-refractivity contribution is 7.09. The first-order chi connectivity index (χ1) is 6.60. The van der Waals surface area contributed by atoms with Crippen LogP contribution in [0.3, 0.4) is 0 Å². The van der Waals surface area contributed by atoms with Gasteiger partial charge in [-0.1, -0.05) is 13.8 Å². The van der Waals surface area contributed by atoms with Crippen LogP contribution in [0.1, 0.15) is 24.5 Å². The molecule has 1 aromatic rings. The Hall–Kier alpha value is -0.490. The highest BCUT2D eigenvalue weighted by Gasteiger charge is 2.23. The van der Waals surface area contributed by atoms with Crippen molar-refractivity contribution in [2.45, 2.75) is 25.9 Å². The topological polar surface area (TPSA) is 57.4 Å². The summed E-state index contributed by atoms with van der Waals surface area (Å²) in [7, 11) is 1.66. The van der Waals surface area contributed by atoms with Crippen molar-refractivity contribution in [1.29, 1.82) is 0 Å². The number of nitrogens with zero attached hydrogens (tertiary/aromatic N) is 1. The number of ether oxygens (including phenoxy) is 1. The lowest BCUT2D eigenvalue weighted by Crippen LogP contribution is -2.26. The fourth-order valence-electron chi connectivity index (χ4n) is 1.09. The monoisotopic (exact) mass is 216 g/mol. The minimum Gasteiger partial charge on any atom is -0.378 e. The van der Waals surface area contributed by atoms with Gasteiger partial charge in [-0.05, 0) is 0 Å². The molecule has 1 heterocycles. The van der Waals surface area contributed by atoms with E-state index < -0.39 is 0 Å². The van der Waals surface area contributed by atoms with Crippen LogP contribution in [-0.2, 0) is 21.6 Å².